The molecule has 0 atom stereocenters. The van der Waals surface area contributed by atoms with E-state index in [1.54, 1.807) is 42.7 Å². The van der Waals surface area contributed by atoms with Gasteiger partial charge in [0.15, 0.2) is 23.0 Å². The molecular weight excluding hydrogens is 560 g/mol. The molecule has 5 rings (SSSR count). The van der Waals surface area contributed by atoms with Crippen molar-refractivity contribution in [2.75, 3.05) is 68.8 Å². The molecule has 1 aliphatic heterocycles. The SMILES string of the molecule is COc1cc(-c2cc(CN3CCN(Cc4ccnc(-c5cc(OC)c(OC)c(OC)c5)c4)CC3)ccn2)cc(OC)c1OC. The van der Waals surface area contributed by atoms with Crippen molar-refractivity contribution in [2.45, 2.75) is 13.1 Å². The maximum Gasteiger partial charge on any atom is 0.203 e. The summed E-state index contributed by atoms with van der Waals surface area (Å²) in [5, 5.41) is 0. The fourth-order valence-electron chi connectivity index (χ4n) is 5.54. The molecule has 2 aromatic carbocycles. The molecule has 0 spiro atoms. The number of hydrogen-bond donors (Lipinski definition) is 0. The lowest BCUT2D eigenvalue weighted by atomic mass is 10.1. The fraction of sp³-hybridized carbons (Fsp3) is 0.353. The van der Waals surface area contributed by atoms with Crippen molar-refractivity contribution in [2.24, 2.45) is 0 Å². The normalized spacial score (nSPS) is 13.8. The summed E-state index contributed by atoms with van der Waals surface area (Å²) in [6.45, 7) is 5.63. The second-order valence-corrected chi connectivity index (χ2v) is 10.5. The van der Waals surface area contributed by atoms with E-state index in [1.165, 1.54) is 11.1 Å². The maximum atomic E-state index is 5.54. The van der Waals surface area contributed by atoms with Crippen LogP contribution < -0.4 is 28.4 Å². The molecule has 0 aliphatic carbocycles. The van der Waals surface area contributed by atoms with Crippen LogP contribution in [0.4, 0.5) is 0 Å². The first-order valence-corrected chi connectivity index (χ1v) is 14.5. The Kier molecular flexibility index (Phi) is 10.0. The second kappa shape index (κ2) is 14.3. The highest BCUT2D eigenvalue weighted by atomic mass is 16.5. The summed E-state index contributed by atoms with van der Waals surface area (Å²) in [4.78, 5) is 14.2. The minimum absolute atomic E-state index is 0.567. The summed E-state index contributed by atoms with van der Waals surface area (Å²) < 4.78 is 33.1. The standard InChI is InChI=1S/C34H40N4O6/c1-39-29-17-25(18-30(40-2)33(29)43-5)27-15-23(7-9-35-27)21-37-11-13-38(14-12-37)22-24-8-10-36-28(16-24)26-19-31(41-3)34(44-6)32(20-26)42-4/h7-10,15-20H,11-14,21-22H2,1-6H3. The fourth-order valence-corrected chi connectivity index (χ4v) is 5.54. The molecule has 10 nitrogen and oxygen atoms in total. The van der Waals surface area contributed by atoms with E-state index in [4.69, 9.17) is 28.4 Å². The number of ether oxygens (including phenoxy) is 6. The number of rotatable bonds is 12. The quantitative estimate of drug-likeness (QED) is 0.217. The smallest absolute Gasteiger partial charge is 0.203 e. The molecule has 1 saturated heterocycles. The van der Waals surface area contributed by atoms with Gasteiger partial charge in [-0.05, 0) is 59.7 Å². The molecule has 2 aromatic heterocycles. The van der Waals surface area contributed by atoms with E-state index < -0.39 is 0 Å². The van der Waals surface area contributed by atoms with Gasteiger partial charge in [-0.3, -0.25) is 19.8 Å². The van der Waals surface area contributed by atoms with Gasteiger partial charge in [-0.25, -0.2) is 0 Å². The van der Waals surface area contributed by atoms with Crippen molar-refractivity contribution in [1.82, 2.24) is 19.8 Å². The Balaban J connectivity index is 1.22. The Labute approximate surface area is 259 Å². The molecule has 0 saturated carbocycles. The first kappa shape index (κ1) is 30.9. The molecule has 0 radical (unpaired) electrons. The van der Waals surface area contributed by atoms with Gasteiger partial charge in [0.2, 0.25) is 11.5 Å². The van der Waals surface area contributed by atoms with Gasteiger partial charge in [-0.2, -0.15) is 0 Å². The van der Waals surface area contributed by atoms with Crippen LogP contribution in [0.2, 0.25) is 0 Å². The lowest BCUT2D eigenvalue weighted by molar-refractivity contribution is 0.122. The summed E-state index contributed by atoms with van der Waals surface area (Å²) in [6.07, 6.45) is 3.72. The molecule has 0 bridgehead atoms. The van der Waals surface area contributed by atoms with Gasteiger partial charge in [0.1, 0.15) is 0 Å². The van der Waals surface area contributed by atoms with Gasteiger partial charge in [0.05, 0.1) is 54.0 Å². The van der Waals surface area contributed by atoms with Gasteiger partial charge in [-0.1, -0.05) is 0 Å². The topological polar surface area (TPSA) is 87.6 Å². The summed E-state index contributed by atoms with van der Waals surface area (Å²) in [7, 11) is 9.68. The molecule has 4 aromatic rings. The zero-order valence-electron chi connectivity index (χ0n) is 26.3. The third kappa shape index (κ3) is 6.82. The van der Waals surface area contributed by atoms with Crippen LogP contribution >= 0.6 is 0 Å². The number of nitrogens with zero attached hydrogens (tertiary/aromatic N) is 4. The average molecular weight is 601 g/mol. The predicted molar refractivity (Wildman–Crippen MR) is 169 cm³/mol. The van der Waals surface area contributed by atoms with Crippen molar-refractivity contribution in [1.29, 1.82) is 0 Å². The third-order valence-electron chi connectivity index (χ3n) is 7.85. The lowest BCUT2D eigenvalue weighted by Gasteiger charge is -2.34. The van der Waals surface area contributed by atoms with Gasteiger partial charge in [-0.15, -0.1) is 0 Å². The zero-order valence-corrected chi connectivity index (χ0v) is 26.3. The molecule has 0 N–H and O–H groups in total. The molecule has 232 valence electrons. The number of pyridine rings is 2. The first-order valence-electron chi connectivity index (χ1n) is 14.5. The van der Waals surface area contributed by atoms with Gasteiger partial charge in [0, 0.05) is 62.8 Å². The Bertz CT molecular complexity index is 1400. The van der Waals surface area contributed by atoms with Gasteiger partial charge >= 0.3 is 0 Å². The Morgan fingerprint density at radius 3 is 1.14 bits per heavy atom. The summed E-state index contributed by atoms with van der Waals surface area (Å²) in [6, 6.07) is 16.1. The highest BCUT2D eigenvalue weighted by Gasteiger charge is 2.20. The molecule has 0 unspecified atom stereocenters. The summed E-state index contributed by atoms with van der Waals surface area (Å²) >= 11 is 0. The van der Waals surface area contributed by atoms with Crippen LogP contribution in [0.15, 0.2) is 60.9 Å². The van der Waals surface area contributed by atoms with Crippen molar-refractivity contribution in [3.8, 4) is 57.0 Å². The first-order chi connectivity index (χ1) is 21.5. The van der Waals surface area contributed by atoms with Gasteiger partial charge in [0.25, 0.3) is 0 Å². The van der Waals surface area contributed by atoms with E-state index >= 15 is 0 Å². The second-order valence-electron chi connectivity index (χ2n) is 10.5. The van der Waals surface area contributed by atoms with Crippen LogP contribution in [0.3, 0.4) is 0 Å². The van der Waals surface area contributed by atoms with Crippen molar-refractivity contribution in [3.05, 3.63) is 72.1 Å². The summed E-state index contributed by atoms with van der Waals surface area (Å²) in [5.41, 5.74) is 5.97. The van der Waals surface area contributed by atoms with Gasteiger partial charge < -0.3 is 28.4 Å². The number of hydrogen-bond acceptors (Lipinski definition) is 10. The average Bonchev–Trinajstić information content (AvgIpc) is 3.07. The number of aromatic nitrogens is 2. The van der Waals surface area contributed by atoms with Crippen LogP contribution in [0.5, 0.6) is 34.5 Å². The minimum atomic E-state index is 0.567. The van der Waals surface area contributed by atoms with Crippen LogP contribution in [-0.4, -0.2) is 88.6 Å². The monoisotopic (exact) mass is 600 g/mol. The number of benzene rings is 2. The van der Waals surface area contributed by atoms with E-state index in [-0.39, 0.29) is 0 Å². The van der Waals surface area contributed by atoms with E-state index in [9.17, 15) is 0 Å². The van der Waals surface area contributed by atoms with Crippen LogP contribution in [-0.2, 0) is 13.1 Å². The molecule has 1 aliphatic rings. The predicted octanol–water partition coefficient (Wildman–Crippen LogP) is 5.18. The lowest BCUT2D eigenvalue weighted by Crippen LogP contribution is -2.45. The van der Waals surface area contributed by atoms with Crippen molar-refractivity contribution >= 4 is 0 Å². The maximum absolute atomic E-state index is 5.54. The van der Waals surface area contributed by atoms with Crippen molar-refractivity contribution < 1.29 is 28.4 Å². The van der Waals surface area contributed by atoms with E-state index in [0.29, 0.717) is 34.5 Å². The van der Waals surface area contributed by atoms with Crippen LogP contribution in [0.25, 0.3) is 22.5 Å². The Morgan fingerprint density at radius 1 is 0.500 bits per heavy atom. The highest BCUT2D eigenvalue weighted by Crippen LogP contribution is 2.42. The van der Waals surface area contributed by atoms with E-state index in [1.807, 2.05) is 36.7 Å². The molecular formula is C34H40N4O6. The highest BCUT2D eigenvalue weighted by molar-refractivity contribution is 5.70. The molecule has 3 heterocycles. The van der Waals surface area contributed by atoms with Crippen LogP contribution in [0.1, 0.15) is 11.1 Å². The molecule has 44 heavy (non-hydrogen) atoms. The van der Waals surface area contributed by atoms with Crippen LogP contribution in [0, 0.1) is 0 Å². The summed E-state index contributed by atoms with van der Waals surface area (Å²) in [5.74, 6) is 3.56. The Morgan fingerprint density at radius 2 is 0.841 bits per heavy atom. The molecule has 1 fully saturated rings. The van der Waals surface area contributed by atoms with E-state index in [2.05, 4.69) is 44.0 Å². The number of piperazine rings is 1. The van der Waals surface area contributed by atoms with Crippen molar-refractivity contribution in [3.63, 3.8) is 0 Å². The third-order valence-corrected chi connectivity index (χ3v) is 7.85. The largest absolute Gasteiger partial charge is 0.493 e. The minimum Gasteiger partial charge on any atom is -0.493 e. The number of methoxy groups -OCH3 is 6. The zero-order chi connectivity index (χ0) is 31.1. The Hall–Kier alpha value is -4.54. The molecule has 0 amide bonds. The van der Waals surface area contributed by atoms with E-state index in [0.717, 1.165) is 61.8 Å². The molecule has 10 heteroatoms.